The fourth-order valence-corrected chi connectivity index (χ4v) is 2.21. The minimum absolute atomic E-state index is 0.0163. The molecule has 0 bridgehead atoms. The van der Waals surface area contributed by atoms with Gasteiger partial charge in [-0.25, -0.2) is 4.39 Å². The molecule has 1 N–H and O–H groups in total. The first-order valence-electron chi connectivity index (χ1n) is 6.04. The van der Waals surface area contributed by atoms with Crippen molar-refractivity contribution in [2.75, 3.05) is 4.90 Å². The lowest BCUT2D eigenvalue weighted by Crippen LogP contribution is -2.62. The zero-order chi connectivity index (χ0) is 14.2. The number of halogens is 2. The number of carbonyl (C=O) groups excluding carboxylic acids is 2. The Hall–Kier alpha value is -1.62. The summed E-state index contributed by atoms with van der Waals surface area (Å²) in [6, 6.07) is 2.84. The molecule has 1 fully saturated rings. The summed E-state index contributed by atoms with van der Waals surface area (Å²) in [6.07, 6.45) is 0.490. The number of hydrogen-bond donors (Lipinski definition) is 1. The van der Waals surface area contributed by atoms with E-state index in [9.17, 15) is 14.0 Å². The van der Waals surface area contributed by atoms with Crippen molar-refractivity contribution in [2.24, 2.45) is 0 Å². The van der Waals surface area contributed by atoms with Gasteiger partial charge in [0.15, 0.2) is 0 Å². The van der Waals surface area contributed by atoms with Crippen molar-refractivity contribution < 1.29 is 14.0 Å². The predicted octanol–water partition coefficient (Wildman–Crippen LogP) is 2.11. The number of anilines is 1. The maximum absolute atomic E-state index is 13.5. The van der Waals surface area contributed by atoms with E-state index in [1.54, 1.807) is 13.8 Å². The van der Waals surface area contributed by atoms with Crippen LogP contribution in [0.1, 0.15) is 20.3 Å². The molecular formula is C13H14ClFN2O2. The van der Waals surface area contributed by atoms with Crippen LogP contribution in [0.25, 0.3) is 0 Å². The first-order chi connectivity index (χ1) is 8.95. The third kappa shape index (κ3) is 2.42. The summed E-state index contributed by atoms with van der Waals surface area (Å²) in [6.45, 7) is 3.41. The van der Waals surface area contributed by atoms with Crippen LogP contribution in [0.2, 0.25) is 5.02 Å². The summed E-state index contributed by atoms with van der Waals surface area (Å²) in [4.78, 5) is 25.4. The van der Waals surface area contributed by atoms with E-state index in [2.05, 4.69) is 5.32 Å². The highest BCUT2D eigenvalue weighted by Crippen LogP contribution is 2.26. The summed E-state index contributed by atoms with van der Waals surface area (Å²) in [5, 5.41) is 2.63. The molecular weight excluding hydrogens is 271 g/mol. The van der Waals surface area contributed by atoms with E-state index in [-0.39, 0.29) is 16.8 Å². The minimum atomic E-state index is -0.670. The zero-order valence-electron chi connectivity index (χ0n) is 10.6. The fourth-order valence-electron chi connectivity index (χ4n) is 2.09. The van der Waals surface area contributed by atoms with Gasteiger partial charge in [-0.2, -0.15) is 0 Å². The maximum Gasteiger partial charge on any atom is 0.250 e. The minimum Gasteiger partial charge on any atom is -0.343 e. The second-order valence-electron chi connectivity index (χ2n) is 4.45. The lowest BCUT2D eigenvalue weighted by atomic mass is 10.1. The molecule has 1 aliphatic rings. The second-order valence-corrected chi connectivity index (χ2v) is 4.86. The van der Waals surface area contributed by atoms with Gasteiger partial charge in [-0.15, -0.1) is 0 Å². The van der Waals surface area contributed by atoms with E-state index in [0.29, 0.717) is 12.1 Å². The Balaban J connectivity index is 2.41. The number of benzene rings is 1. The Morgan fingerprint density at radius 3 is 2.68 bits per heavy atom. The lowest BCUT2D eigenvalue weighted by molar-refractivity contribution is -0.133. The van der Waals surface area contributed by atoms with E-state index in [1.165, 1.54) is 23.1 Å². The Morgan fingerprint density at radius 2 is 2.11 bits per heavy atom. The van der Waals surface area contributed by atoms with Crippen molar-refractivity contribution in [3.63, 3.8) is 0 Å². The van der Waals surface area contributed by atoms with Crippen molar-refractivity contribution in [1.82, 2.24) is 5.32 Å². The Morgan fingerprint density at radius 1 is 1.42 bits per heavy atom. The molecule has 1 aromatic carbocycles. The highest BCUT2D eigenvalue weighted by molar-refractivity contribution is 6.30. The topological polar surface area (TPSA) is 49.4 Å². The molecule has 2 atom stereocenters. The standard InChI is InChI=1S/C13H14ClFN2O2/c1-3-11-13(19)17(7(2)12(18)16-11)8-4-5-9(14)10(15)6-8/h4-7,11H,3H2,1-2H3,(H,16,18). The number of amides is 2. The largest absolute Gasteiger partial charge is 0.343 e. The highest BCUT2D eigenvalue weighted by atomic mass is 35.5. The highest BCUT2D eigenvalue weighted by Gasteiger charge is 2.38. The molecule has 0 spiro atoms. The van der Waals surface area contributed by atoms with Crippen LogP contribution in [-0.2, 0) is 9.59 Å². The Kier molecular flexibility index (Phi) is 3.75. The van der Waals surface area contributed by atoms with Crippen molar-refractivity contribution >= 4 is 29.1 Å². The molecule has 4 nitrogen and oxygen atoms in total. The molecule has 0 saturated carbocycles. The average molecular weight is 285 g/mol. The molecule has 2 rings (SSSR count). The van der Waals surface area contributed by atoms with Gasteiger partial charge in [0, 0.05) is 5.69 Å². The second kappa shape index (κ2) is 5.17. The number of nitrogens with zero attached hydrogens (tertiary/aromatic N) is 1. The molecule has 0 radical (unpaired) electrons. The molecule has 1 saturated heterocycles. The summed E-state index contributed by atoms with van der Waals surface area (Å²) in [5.74, 6) is -1.10. The first-order valence-corrected chi connectivity index (χ1v) is 6.42. The van der Waals surface area contributed by atoms with Gasteiger partial charge < -0.3 is 5.32 Å². The van der Waals surface area contributed by atoms with Gasteiger partial charge in [0.1, 0.15) is 17.9 Å². The molecule has 1 heterocycles. The summed E-state index contributed by atoms with van der Waals surface area (Å²) >= 11 is 5.62. The summed E-state index contributed by atoms with van der Waals surface area (Å²) in [7, 11) is 0. The van der Waals surface area contributed by atoms with Gasteiger partial charge in [0.25, 0.3) is 0 Å². The van der Waals surface area contributed by atoms with E-state index in [0.717, 1.165) is 0 Å². The molecule has 1 aliphatic heterocycles. The first kappa shape index (κ1) is 13.8. The number of hydrogen-bond acceptors (Lipinski definition) is 2. The van der Waals surface area contributed by atoms with Crippen molar-refractivity contribution in [2.45, 2.75) is 32.4 Å². The van der Waals surface area contributed by atoms with E-state index in [1.807, 2.05) is 0 Å². The molecule has 0 aromatic heterocycles. The molecule has 102 valence electrons. The van der Waals surface area contributed by atoms with Crippen molar-refractivity contribution in [1.29, 1.82) is 0 Å². The van der Waals surface area contributed by atoms with E-state index < -0.39 is 17.9 Å². The monoisotopic (exact) mass is 284 g/mol. The van der Waals surface area contributed by atoms with Crippen LogP contribution in [-0.4, -0.2) is 23.9 Å². The van der Waals surface area contributed by atoms with Gasteiger partial charge in [-0.1, -0.05) is 18.5 Å². The summed E-state index contributed by atoms with van der Waals surface area (Å²) < 4.78 is 13.5. The van der Waals surface area contributed by atoms with Crippen molar-refractivity contribution in [3.8, 4) is 0 Å². The Bertz CT molecular complexity index is 535. The number of piperazine rings is 1. The van der Waals surface area contributed by atoms with Crippen molar-refractivity contribution in [3.05, 3.63) is 29.0 Å². The van der Waals surface area contributed by atoms with Crippen LogP contribution < -0.4 is 10.2 Å². The SMILES string of the molecule is CCC1NC(=O)C(C)N(c2ccc(Cl)c(F)c2)C1=O. The smallest absolute Gasteiger partial charge is 0.250 e. The molecule has 2 amide bonds. The molecule has 2 unspecified atom stereocenters. The van der Waals surface area contributed by atoms with Gasteiger partial charge in [-0.05, 0) is 31.5 Å². The summed E-state index contributed by atoms with van der Waals surface area (Å²) in [5.41, 5.74) is 0.340. The maximum atomic E-state index is 13.5. The number of rotatable bonds is 2. The van der Waals surface area contributed by atoms with Gasteiger partial charge in [0.05, 0.1) is 5.02 Å². The van der Waals surface area contributed by atoms with Crippen LogP contribution in [0.5, 0.6) is 0 Å². The van der Waals surface area contributed by atoms with Gasteiger partial charge in [-0.3, -0.25) is 14.5 Å². The molecule has 1 aromatic rings. The predicted molar refractivity (Wildman–Crippen MR) is 70.6 cm³/mol. The third-order valence-electron chi connectivity index (χ3n) is 3.21. The fraction of sp³-hybridized carbons (Fsp3) is 0.385. The van der Waals surface area contributed by atoms with Crippen LogP contribution in [0, 0.1) is 5.82 Å². The molecule has 19 heavy (non-hydrogen) atoms. The van der Waals surface area contributed by atoms with E-state index in [4.69, 9.17) is 11.6 Å². The molecule has 0 aliphatic carbocycles. The van der Waals surface area contributed by atoms with Crippen LogP contribution in [0.3, 0.4) is 0 Å². The normalized spacial score (nSPS) is 23.5. The van der Waals surface area contributed by atoms with Crippen LogP contribution in [0.4, 0.5) is 10.1 Å². The third-order valence-corrected chi connectivity index (χ3v) is 3.51. The lowest BCUT2D eigenvalue weighted by Gasteiger charge is -2.37. The number of nitrogens with one attached hydrogen (secondary N) is 1. The van der Waals surface area contributed by atoms with Gasteiger partial charge in [0.2, 0.25) is 11.8 Å². The molecule has 6 heteroatoms. The number of carbonyl (C=O) groups is 2. The Labute approximate surface area is 115 Å². The average Bonchev–Trinajstić information content (AvgIpc) is 2.38. The van der Waals surface area contributed by atoms with Gasteiger partial charge >= 0.3 is 0 Å². The zero-order valence-corrected chi connectivity index (χ0v) is 11.4. The van der Waals surface area contributed by atoms with Crippen LogP contribution >= 0.6 is 11.6 Å². The quantitative estimate of drug-likeness (QED) is 0.904. The van der Waals surface area contributed by atoms with E-state index >= 15 is 0 Å². The van der Waals surface area contributed by atoms with Crippen LogP contribution in [0.15, 0.2) is 18.2 Å².